The molecule has 0 aliphatic rings. The minimum absolute atomic E-state index is 0.302. The molecule has 0 aromatic heterocycles. The molecule has 0 rings (SSSR count). The van der Waals surface area contributed by atoms with Gasteiger partial charge in [0.2, 0.25) is 0 Å². The van der Waals surface area contributed by atoms with Gasteiger partial charge < -0.3 is 10.0 Å². The van der Waals surface area contributed by atoms with Crippen molar-refractivity contribution in [3.05, 3.63) is 0 Å². The molecular formula is C45H91NO2. The number of nitrogens with zero attached hydrogens (tertiary/aromatic N) is 1. The van der Waals surface area contributed by atoms with E-state index in [2.05, 4.69) is 25.7 Å². The number of carbonyl (C=O) groups is 1. The third kappa shape index (κ3) is 38.2. The van der Waals surface area contributed by atoms with E-state index >= 15 is 0 Å². The Hall–Kier alpha value is -0.570. The Morgan fingerprint density at radius 3 is 0.812 bits per heavy atom. The van der Waals surface area contributed by atoms with Crippen LogP contribution in [0, 0.1) is 0 Å². The first-order chi connectivity index (χ1) is 23.6. The summed E-state index contributed by atoms with van der Waals surface area (Å²) in [4.78, 5) is 13.8. The summed E-state index contributed by atoms with van der Waals surface area (Å²) < 4.78 is 0. The van der Waals surface area contributed by atoms with Crippen molar-refractivity contribution in [3.8, 4) is 0 Å². The Labute approximate surface area is 304 Å². The molecule has 0 spiro atoms. The van der Waals surface area contributed by atoms with Gasteiger partial charge in [-0.25, -0.2) is 0 Å². The van der Waals surface area contributed by atoms with Crippen molar-refractivity contribution >= 4 is 5.97 Å². The number of carboxylic acid groups (broad SMARTS) is 1. The van der Waals surface area contributed by atoms with Crippen LogP contribution in [0.3, 0.4) is 0 Å². The molecule has 0 aliphatic heterocycles. The summed E-state index contributed by atoms with van der Waals surface area (Å²) in [6, 6.07) is 0.387. The fourth-order valence-electron chi connectivity index (χ4n) is 7.50. The highest BCUT2D eigenvalue weighted by atomic mass is 16.4. The molecule has 0 aliphatic carbocycles. The Morgan fingerprint density at radius 1 is 0.396 bits per heavy atom. The first-order valence-corrected chi connectivity index (χ1v) is 22.6. The molecule has 48 heavy (non-hydrogen) atoms. The quantitative estimate of drug-likeness (QED) is 0.0654. The van der Waals surface area contributed by atoms with Crippen molar-refractivity contribution in [1.29, 1.82) is 0 Å². The van der Waals surface area contributed by atoms with Gasteiger partial charge in [-0.2, -0.15) is 0 Å². The average Bonchev–Trinajstić information content (AvgIpc) is 3.08. The first kappa shape index (κ1) is 47.4. The summed E-state index contributed by atoms with van der Waals surface area (Å²) in [6.45, 7) is 9.16. The lowest BCUT2D eigenvalue weighted by Crippen LogP contribution is -2.35. The monoisotopic (exact) mass is 678 g/mol. The number of aliphatic carboxylic acids is 1. The normalized spacial score (nSPS) is 12.3. The molecule has 0 saturated carbocycles. The second kappa shape index (κ2) is 40.9. The highest BCUT2D eigenvalue weighted by molar-refractivity contribution is 5.66. The van der Waals surface area contributed by atoms with Gasteiger partial charge in [0, 0.05) is 12.5 Å². The molecule has 0 bridgehead atoms. The summed E-state index contributed by atoms with van der Waals surface area (Å²) >= 11 is 0. The largest absolute Gasteiger partial charge is 0.481 e. The highest BCUT2D eigenvalue weighted by Crippen LogP contribution is 2.17. The van der Waals surface area contributed by atoms with Crippen LogP contribution in [0.15, 0.2) is 0 Å². The smallest absolute Gasteiger partial charge is 0.303 e. The SMILES string of the molecule is CCCCCCCCCCCCCCCCCCCCN(CCCCCCCCCCCCCCCCCCCC)C(C)CCC(=O)O. The van der Waals surface area contributed by atoms with Gasteiger partial charge in [0.25, 0.3) is 0 Å². The second-order valence-electron chi connectivity index (χ2n) is 15.8. The van der Waals surface area contributed by atoms with Gasteiger partial charge >= 0.3 is 5.97 Å². The van der Waals surface area contributed by atoms with Crippen LogP contribution in [0.1, 0.15) is 265 Å². The predicted molar refractivity (Wildman–Crippen MR) is 215 cm³/mol. The number of hydrogen-bond donors (Lipinski definition) is 1. The van der Waals surface area contributed by atoms with Crippen LogP contribution in [0.25, 0.3) is 0 Å². The van der Waals surface area contributed by atoms with Crippen molar-refractivity contribution in [2.24, 2.45) is 0 Å². The lowest BCUT2D eigenvalue weighted by Gasteiger charge is -2.29. The zero-order chi connectivity index (χ0) is 35.0. The van der Waals surface area contributed by atoms with E-state index < -0.39 is 5.97 Å². The zero-order valence-corrected chi connectivity index (χ0v) is 33.7. The van der Waals surface area contributed by atoms with Crippen molar-refractivity contribution in [2.45, 2.75) is 271 Å². The van der Waals surface area contributed by atoms with E-state index in [1.165, 1.54) is 231 Å². The van der Waals surface area contributed by atoms with Crippen LogP contribution in [0.5, 0.6) is 0 Å². The van der Waals surface area contributed by atoms with Gasteiger partial charge in [0.15, 0.2) is 0 Å². The fourth-order valence-corrected chi connectivity index (χ4v) is 7.50. The molecule has 3 nitrogen and oxygen atoms in total. The number of carboxylic acids is 1. The molecule has 0 amide bonds. The van der Waals surface area contributed by atoms with Crippen LogP contribution >= 0.6 is 0 Å². The summed E-state index contributed by atoms with van der Waals surface area (Å²) in [6.07, 6.45) is 52.1. The molecule has 1 N–H and O–H groups in total. The van der Waals surface area contributed by atoms with Crippen LogP contribution in [0.2, 0.25) is 0 Å². The Morgan fingerprint density at radius 2 is 0.604 bits per heavy atom. The molecule has 3 heteroatoms. The average molecular weight is 678 g/mol. The maximum Gasteiger partial charge on any atom is 0.303 e. The van der Waals surface area contributed by atoms with E-state index in [-0.39, 0.29) is 0 Å². The third-order valence-corrected chi connectivity index (χ3v) is 11.0. The van der Waals surface area contributed by atoms with Gasteiger partial charge in [-0.3, -0.25) is 4.79 Å². The number of unbranched alkanes of at least 4 members (excludes halogenated alkanes) is 34. The highest BCUT2D eigenvalue weighted by Gasteiger charge is 2.14. The summed E-state index contributed by atoms with van der Waals surface area (Å²) in [7, 11) is 0. The molecule has 0 saturated heterocycles. The lowest BCUT2D eigenvalue weighted by atomic mass is 10.0. The van der Waals surface area contributed by atoms with E-state index in [1.54, 1.807) is 0 Å². The minimum Gasteiger partial charge on any atom is -0.481 e. The van der Waals surface area contributed by atoms with E-state index in [4.69, 9.17) is 0 Å². The molecule has 0 aromatic carbocycles. The van der Waals surface area contributed by atoms with Crippen molar-refractivity contribution < 1.29 is 9.90 Å². The van der Waals surface area contributed by atoms with Gasteiger partial charge in [0.05, 0.1) is 0 Å². The molecule has 1 unspecified atom stereocenters. The lowest BCUT2D eigenvalue weighted by molar-refractivity contribution is -0.137. The summed E-state index contributed by atoms with van der Waals surface area (Å²) in [5.41, 5.74) is 0. The number of hydrogen-bond acceptors (Lipinski definition) is 2. The summed E-state index contributed by atoms with van der Waals surface area (Å²) in [5.74, 6) is -0.650. The summed E-state index contributed by atoms with van der Waals surface area (Å²) in [5, 5.41) is 9.20. The molecule has 0 heterocycles. The maximum atomic E-state index is 11.2. The van der Waals surface area contributed by atoms with Crippen molar-refractivity contribution in [1.82, 2.24) is 4.90 Å². The van der Waals surface area contributed by atoms with Crippen molar-refractivity contribution in [3.63, 3.8) is 0 Å². The predicted octanol–water partition coefficient (Wildman–Crippen LogP) is 15.6. The topological polar surface area (TPSA) is 40.5 Å². The molecular weight excluding hydrogens is 587 g/mol. The maximum absolute atomic E-state index is 11.2. The van der Waals surface area contributed by atoms with E-state index in [1.807, 2.05) is 0 Å². The van der Waals surface area contributed by atoms with Crippen LogP contribution in [0.4, 0.5) is 0 Å². The first-order valence-electron chi connectivity index (χ1n) is 22.6. The van der Waals surface area contributed by atoms with Gasteiger partial charge in [0.1, 0.15) is 0 Å². The zero-order valence-electron chi connectivity index (χ0n) is 33.7. The van der Waals surface area contributed by atoms with Crippen LogP contribution < -0.4 is 0 Å². The fraction of sp³-hybridized carbons (Fsp3) is 0.978. The molecule has 288 valence electrons. The Kier molecular flexibility index (Phi) is 40.4. The molecule has 0 fully saturated rings. The van der Waals surface area contributed by atoms with E-state index in [0.717, 1.165) is 19.5 Å². The van der Waals surface area contributed by atoms with Gasteiger partial charge in [-0.1, -0.05) is 232 Å². The standard InChI is InChI=1S/C45H91NO2/c1-4-6-8-10-12-14-16-18-20-22-24-26-28-30-32-34-36-38-42-46(44(3)40-41-45(47)48)43-39-37-35-33-31-29-27-25-23-21-19-17-15-13-11-9-7-5-2/h44H,4-43H2,1-3H3,(H,47,48). The van der Waals surface area contributed by atoms with Crippen LogP contribution in [-0.2, 0) is 4.79 Å². The van der Waals surface area contributed by atoms with E-state index in [9.17, 15) is 9.90 Å². The number of rotatable bonds is 42. The molecule has 0 radical (unpaired) electrons. The second-order valence-corrected chi connectivity index (χ2v) is 15.8. The minimum atomic E-state index is -0.650. The molecule has 1 atom stereocenters. The Bertz CT molecular complexity index is 568. The van der Waals surface area contributed by atoms with Gasteiger partial charge in [-0.05, 0) is 39.3 Å². The Balaban J connectivity index is 3.70. The van der Waals surface area contributed by atoms with Crippen LogP contribution in [-0.4, -0.2) is 35.1 Å². The molecule has 0 aromatic rings. The van der Waals surface area contributed by atoms with E-state index in [0.29, 0.717) is 12.5 Å². The third-order valence-electron chi connectivity index (χ3n) is 11.0. The van der Waals surface area contributed by atoms with Gasteiger partial charge in [-0.15, -0.1) is 0 Å². The van der Waals surface area contributed by atoms with Crippen molar-refractivity contribution in [2.75, 3.05) is 13.1 Å².